The molecule has 8 nitrogen and oxygen atoms in total. The van der Waals surface area contributed by atoms with Gasteiger partial charge in [-0.2, -0.15) is 0 Å². The van der Waals surface area contributed by atoms with E-state index in [2.05, 4.69) is 9.97 Å². The van der Waals surface area contributed by atoms with Crippen LogP contribution in [0.3, 0.4) is 0 Å². The molecule has 3 aromatic heterocycles. The van der Waals surface area contributed by atoms with Gasteiger partial charge in [0.1, 0.15) is 21.2 Å². The van der Waals surface area contributed by atoms with Gasteiger partial charge in [0.25, 0.3) is 0 Å². The van der Waals surface area contributed by atoms with E-state index in [-0.39, 0.29) is 9.81 Å². The molecule has 188 valence electrons. The second-order valence-electron chi connectivity index (χ2n) is 7.76. The predicted molar refractivity (Wildman–Crippen MR) is 151 cm³/mol. The van der Waals surface area contributed by atoms with Crippen LogP contribution in [0.1, 0.15) is 0 Å². The maximum atomic E-state index is 12.3. The Morgan fingerprint density at radius 1 is 0.658 bits per heavy atom. The first-order valence-corrected chi connectivity index (χ1v) is 14.4. The monoisotopic (exact) mass is 576 g/mol. The van der Waals surface area contributed by atoms with Crippen molar-refractivity contribution >= 4 is 70.0 Å². The third-order valence-corrected chi connectivity index (χ3v) is 11.1. The van der Waals surface area contributed by atoms with Gasteiger partial charge < -0.3 is 9.47 Å². The Morgan fingerprint density at radius 3 is 1.50 bits per heavy atom. The summed E-state index contributed by atoms with van der Waals surface area (Å²) in [4.78, 5) is 46.0. The van der Waals surface area contributed by atoms with Crippen molar-refractivity contribution < 1.29 is 19.1 Å². The fourth-order valence-electron chi connectivity index (χ4n) is 3.73. The largest absolute Gasteiger partial charge is 0.465 e. The lowest BCUT2D eigenvalue weighted by Gasteiger charge is -2.10. The molecule has 4 aromatic rings. The Hall–Kier alpha value is -3.32. The Bertz CT molecular complexity index is 1560. The van der Waals surface area contributed by atoms with Gasteiger partial charge in [0.2, 0.25) is 0 Å². The number of ether oxygens (including phenoxy) is 2. The highest BCUT2D eigenvalue weighted by Gasteiger charge is 2.36. The molecule has 38 heavy (non-hydrogen) atoms. The van der Waals surface area contributed by atoms with Crippen LogP contribution in [0.5, 0.6) is 0 Å². The summed E-state index contributed by atoms with van der Waals surface area (Å²) >= 11 is 5.58. The molecule has 0 amide bonds. The molecule has 0 atom stereocenters. The van der Waals surface area contributed by atoms with Crippen LogP contribution in [0.25, 0.3) is 33.8 Å². The number of hydrogen-bond donors (Lipinski definition) is 0. The maximum Gasteiger partial charge on any atom is 0.346 e. The van der Waals surface area contributed by atoms with E-state index in [1.54, 1.807) is 35.9 Å². The number of fused-ring (bicyclic) bond motifs is 2. The number of esters is 2. The molecule has 0 radical (unpaired) electrons. The highest BCUT2D eigenvalue weighted by atomic mass is 32.2. The number of aromatic nitrogens is 4. The first-order valence-electron chi connectivity index (χ1n) is 11.1. The summed E-state index contributed by atoms with van der Waals surface area (Å²) in [5.74, 6) is -1.13. The highest BCUT2D eigenvalue weighted by Crippen LogP contribution is 2.61. The fourth-order valence-corrected chi connectivity index (χ4v) is 9.05. The maximum absolute atomic E-state index is 12.3. The number of methoxy groups -OCH3 is 2. The summed E-state index contributed by atoms with van der Waals surface area (Å²) in [6, 6.07) is 15.4. The van der Waals surface area contributed by atoms with Crippen LogP contribution >= 0.6 is 47.0 Å². The second-order valence-corrected chi connectivity index (χ2v) is 12.4. The second kappa shape index (κ2) is 10.4. The number of rotatable bonds is 4. The van der Waals surface area contributed by atoms with E-state index in [1.807, 2.05) is 48.5 Å². The molecule has 0 fully saturated rings. The van der Waals surface area contributed by atoms with E-state index in [0.717, 1.165) is 29.3 Å². The predicted octanol–water partition coefficient (Wildman–Crippen LogP) is 6.12. The van der Waals surface area contributed by atoms with Crippen LogP contribution < -0.4 is 0 Å². The van der Waals surface area contributed by atoms with Crippen molar-refractivity contribution in [3.05, 3.63) is 79.2 Å². The smallest absolute Gasteiger partial charge is 0.346 e. The topological polar surface area (TPSA) is 104 Å². The lowest BCUT2D eigenvalue weighted by Crippen LogP contribution is -2.08. The van der Waals surface area contributed by atoms with Crippen LogP contribution in [-0.2, 0) is 19.1 Å². The van der Waals surface area contributed by atoms with Crippen LogP contribution in [0.2, 0.25) is 0 Å². The van der Waals surface area contributed by atoms with E-state index in [4.69, 9.17) is 19.4 Å². The lowest BCUT2D eigenvalue weighted by molar-refractivity contribution is -0.138. The molecule has 2 aliphatic heterocycles. The van der Waals surface area contributed by atoms with Crippen molar-refractivity contribution in [3.8, 4) is 22.8 Å². The molecule has 0 N–H and O–H groups in total. The van der Waals surface area contributed by atoms with Gasteiger partial charge in [-0.25, -0.2) is 19.6 Å². The van der Waals surface area contributed by atoms with Gasteiger partial charge in [-0.1, -0.05) is 59.2 Å². The molecule has 5 heterocycles. The molecule has 0 saturated carbocycles. The number of thioether (sulfide) groups is 4. The zero-order chi connectivity index (χ0) is 26.2. The third-order valence-electron chi connectivity index (χ3n) is 5.45. The Labute approximate surface area is 234 Å². The molecule has 0 unspecified atom stereocenters. The molecule has 6 rings (SSSR count). The SMILES string of the molecule is COC(=O)C1=C(C(=O)OC)SC(=C2Sc3cc4nc(-c5ccccn5)c(-c5ccccn5)nc4cc3S2)S1. The first-order chi connectivity index (χ1) is 18.6. The van der Waals surface area contributed by atoms with Gasteiger partial charge >= 0.3 is 11.9 Å². The fraction of sp³-hybridized carbons (Fsp3) is 0.0769. The van der Waals surface area contributed by atoms with E-state index in [9.17, 15) is 9.59 Å². The molecule has 1 aromatic carbocycles. The zero-order valence-electron chi connectivity index (χ0n) is 19.8. The van der Waals surface area contributed by atoms with Crippen molar-refractivity contribution in [1.82, 2.24) is 19.9 Å². The summed E-state index contributed by atoms with van der Waals surface area (Å²) in [6.45, 7) is 0. The number of carbonyl (C=O) groups is 2. The van der Waals surface area contributed by atoms with Gasteiger partial charge in [0.15, 0.2) is 0 Å². The standard InChI is InChI=1S/C26H16N4O4S4/c1-33-23(31)21-22(24(32)34-2)38-26(37-21)25-35-17-11-15-16(12-18(17)36-25)30-20(14-8-4-6-10-28-14)19(29-15)13-7-3-5-9-27-13/h3-12H,1-2H3. The number of benzene rings is 1. The molecular formula is C26H16N4O4S4. The summed E-state index contributed by atoms with van der Waals surface area (Å²) in [6.07, 6.45) is 3.46. The van der Waals surface area contributed by atoms with Crippen molar-refractivity contribution in [2.24, 2.45) is 0 Å². The molecular weight excluding hydrogens is 561 g/mol. The normalized spacial score (nSPS) is 14.7. The van der Waals surface area contributed by atoms with Crippen LogP contribution in [-0.4, -0.2) is 46.1 Å². The van der Waals surface area contributed by atoms with E-state index in [0.29, 0.717) is 22.8 Å². The minimum Gasteiger partial charge on any atom is -0.465 e. The third kappa shape index (κ3) is 4.57. The van der Waals surface area contributed by atoms with Gasteiger partial charge in [0.05, 0.1) is 45.1 Å². The Kier molecular flexibility index (Phi) is 6.87. The number of nitrogens with zero attached hydrogens (tertiary/aromatic N) is 4. The summed E-state index contributed by atoms with van der Waals surface area (Å²) in [7, 11) is 2.58. The molecule has 0 saturated heterocycles. The lowest BCUT2D eigenvalue weighted by atomic mass is 10.1. The minimum absolute atomic E-state index is 0.234. The van der Waals surface area contributed by atoms with E-state index in [1.165, 1.54) is 37.7 Å². The van der Waals surface area contributed by atoms with Gasteiger partial charge in [-0.3, -0.25) is 9.97 Å². The summed E-state index contributed by atoms with van der Waals surface area (Å²) in [5.41, 5.74) is 4.20. The van der Waals surface area contributed by atoms with Gasteiger partial charge in [-0.05, 0) is 36.4 Å². The average molecular weight is 577 g/mol. The van der Waals surface area contributed by atoms with Crippen molar-refractivity contribution in [2.45, 2.75) is 9.79 Å². The quantitative estimate of drug-likeness (QED) is 0.262. The Morgan fingerprint density at radius 2 is 1.11 bits per heavy atom. The van der Waals surface area contributed by atoms with Crippen molar-refractivity contribution in [3.63, 3.8) is 0 Å². The van der Waals surface area contributed by atoms with Crippen LogP contribution in [0.15, 0.2) is 89.0 Å². The number of carbonyl (C=O) groups excluding carboxylic acids is 2. The summed E-state index contributed by atoms with van der Waals surface area (Å²) in [5, 5.41) is 0. The molecule has 12 heteroatoms. The molecule has 0 bridgehead atoms. The van der Waals surface area contributed by atoms with Crippen LogP contribution in [0, 0.1) is 0 Å². The highest BCUT2D eigenvalue weighted by molar-refractivity contribution is 8.33. The van der Waals surface area contributed by atoms with Crippen molar-refractivity contribution in [2.75, 3.05) is 14.2 Å². The minimum atomic E-state index is -0.563. The summed E-state index contributed by atoms with van der Waals surface area (Å²) < 4.78 is 11.5. The van der Waals surface area contributed by atoms with E-state index < -0.39 is 11.9 Å². The molecule has 0 aliphatic carbocycles. The van der Waals surface area contributed by atoms with Crippen molar-refractivity contribution in [1.29, 1.82) is 0 Å². The molecule has 2 aliphatic rings. The van der Waals surface area contributed by atoms with Gasteiger partial charge in [-0.15, -0.1) is 0 Å². The number of hydrogen-bond acceptors (Lipinski definition) is 12. The first kappa shape index (κ1) is 25.0. The van der Waals surface area contributed by atoms with E-state index >= 15 is 0 Å². The van der Waals surface area contributed by atoms with Gasteiger partial charge in [0, 0.05) is 22.2 Å². The average Bonchev–Trinajstić information content (AvgIpc) is 3.60. The molecule has 0 spiro atoms. The zero-order valence-corrected chi connectivity index (χ0v) is 23.1. The Balaban J connectivity index is 1.41. The van der Waals surface area contributed by atoms with Crippen LogP contribution in [0.4, 0.5) is 0 Å². The number of pyridine rings is 2.